The van der Waals surface area contributed by atoms with Crippen LogP contribution in [0.2, 0.25) is 0 Å². The van der Waals surface area contributed by atoms with Crippen molar-refractivity contribution >= 4 is 5.69 Å². The number of hydrogen-bond donors (Lipinski definition) is 0. The molecule has 2 heterocycles. The number of hydrogen-bond acceptors (Lipinski definition) is 7. The Balaban J connectivity index is 1.68. The van der Waals surface area contributed by atoms with Crippen molar-refractivity contribution in [1.29, 1.82) is 0 Å². The fourth-order valence-corrected chi connectivity index (χ4v) is 4.50. The van der Waals surface area contributed by atoms with Crippen molar-refractivity contribution in [2.24, 2.45) is 5.92 Å². The van der Waals surface area contributed by atoms with Gasteiger partial charge in [-0.1, -0.05) is 38.1 Å². The van der Waals surface area contributed by atoms with Crippen LogP contribution >= 0.6 is 0 Å². The van der Waals surface area contributed by atoms with Gasteiger partial charge in [-0.05, 0) is 41.0 Å². The largest absolute Gasteiger partial charge is 0.493 e. The van der Waals surface area contributed by atoms with Gasteiger partial charge in [0.2, 0.25) is 0 Å². The SMILES string of the molecule is COc1cccc([C@@H](c2nnnn2CCC(C)C)N2CCN(c3ccccc3F)CC2)c1OC. The Morgan fingerprint density at radius 3 is 2.41 bits per heavy atom. The molecule has 1 fully saturated rings. The molecule has 0 amide bonds. The highest BCUT2D eigenvalue weighted by Gasteiger charge is 2.33. The zero-order valence-electron chi connectivity index (χ0n) is 20.3. The molecule has 0 spiro atoms. The molecule has 1 saturated heterocycles. The minimum atomic E-state index is -0.227. The molecule has 4 rings (SSSR count). The number of piperazine rings is 1. The molecule has 1 aromatic heterocycles. The van der Waals surface area contributed by atoms with Crippen LogP contribution in [-0.4, -0.2) is 65.5 Å². The summed E-state index contributed by atoms with van der Waals surface area (Å²) in [6, 6.07) is 12.6. The number of rotatable bonds is 9. The van der Waals surface area contributed by atoms with E-state index >= 15 is 0 Å². The number of halogens is 1. The first-order chi connectivity index (χ1) is 16.5. The van der Waals surface area contributed by atoms with Crippen LogP contribution in [0.4, 0.5) is 10.1 Å². The van der Waals surface area contributed by atoms with E-state index in [1.807, 2.05) is 35.0 Å². The molecule has 0 saturated carbocycles. The van der Waals surface area contributed by atoms with Gasteiger partial charge in [0.15, 0.2) is 17.3 Å². The summed E-state index contributed by atoms with van der Waals surface area (Å²) < 4.78 is 27.7. The molecule has 8 nitrogen and oxygen atoms in total. The molecule has 0 unspecified atom stereocenters. The van der Waals surface area contributed by atoms with Crippen LogP contribution < -0.4 is 14.4 Å². The number of methoxy groups -OCH3 is 2. The Labute approximate surface area is 200 Å². The van der Waals surface area contributed by atoms with Gasteiger partial charge in [-0.2, -0.15) is 0 Å². The molecule has 0 aliphatic carbocycles. The fraction of sp³-hybridized carbons (Fsp3) is 0.480. The minimum Gasteiger partial charge on any atom is -0.493 e. The Kier molecular flexibility index (Phi) is 7.62. The zero-order chi connectivity index (χ0) is 24.1. The van der Waals surface area contributed by atoms with Crippen LogP contribution in [0, 0.1) is 11.7 Å². The van der Waals surface area contributed by atoms with E-state index in [0.29, 0.717) is 36.2 Å². The lowest BCUT2D eigenvalue weighted by molar-refractivity contribution is 0.195. The lowest BCUT2D eigenvalue weighted by Gasteiger charge is -2.40. The maximum absolute atomic E-state index is 14.4. The highest BCUT2D eigenvalue weighted by molar-refractivity contribution is 5.50. The van der Waals surface area contributed by atoms with Crippen molar-refractivity contribution in [2.45, 2.75) is 32.9 Å². The summed E-state index contributed by atoms with van der Waals surface area (Å²) in [6.45, 7) is 7.93. The van der Waals surface area contributed by atoms with Crippen LogP contribution in [0.1, 0.15) is 37.7 Å². The number of aromatic nitrogens is 4. The summed E-state index contributed by atoms with van der Waals surface area (Å²) in [5, 5.41) is 12.8. The topological polar surface area (TPSA) is 68.5 Å². The highest BCUT2D eigenvalue weighted by Crippen LogP contribution is 2.40. The van der Waals surface area contributed by atoms with Crippen LogP contribution in [0.3, 0.4) is 0 Å². The second-order valence-electron chi connectivity index (χ2n) is 8.90. The van der Waals surface area contributed by atoms with Gasteiger partial charge in [-0.3, -0.25) is 4.90 Å². The molecule has 1 atom stereocenters. The molecule has 3 aromatic rings. The van der Waals surface area contributed by atoms with Gasteiger partial charge >= 0.3 is 0 Å². The zero-order valence-corrected chi connectivity index (χ0v) is 20.3. The lowest BCUT2D eigenvalue weighted by Crippen LogP contribution is -2.48. The van der Waals surface area contributed by atoms with Gasteiger partial charge in [0, 0.05) is 38.3 Å². The molecule has 0 radical (unpaired) electrons. The normalized spacial score (nSPS) is 15.5. The molecule has 34 heavy (non-hydrogen) atoms. The monoisotopic (exact) mass is 468 g/mol. The summed E-state index contributed by atoms with van der Waals surface area (Å²) in [7, 11) is 3.28. The Morgan fingerprint density at radius 1 is 0.971 bits per heavy atom. The summed E-state index contributed by atoms with van der Waals surface area (Å²) in [4.78, 5) is 4.43. The van der Waals surface area contributed by atoms with Crippen molar-refractivity contribution in [2.75, 3.05) is 45.3 Å². The molecule has 1 aliphatic heterocycles. The Bertz CT molecular complexity index is 1080. The molecule has 0 N–H and O–H groups in total. The first kappa shape index (κ1) is 23.9. The minimum absolute atomic E-state index is 0.195. The Morgan fingerprint density at radius 2 is 1.74 bits per heavy atom. The molecule has 9 heteroatoms. The predicted molar refractivity (Wildman–Crippen MR) is 129 cm³/mol. The number of para-hydroxylation sites is 2. The number of anilines is 1. The van der Waals surface area contributed by atoms with Gasteiger partial charge in [0.25, 0.3) is 0 Å². The quantitative estimate of drug-likeness (QED) is 0.473. The lowest BCUT2D eigenvalue weighted by atomic mass is 10.0. The molecule has 0 bridgehead atoms. The molecular formula is C25H33FN6O2. The van der Waals surface area contributed by atoms with E-state index in [4.69, 9.17) is 9.47 Å². The van der Waals surface area contributed by atoms with E-state index in [1.54, 1.807) is 20.3 Å². The highest BCUT2D eigenvalue weighted by atomic mass is 19.1. The van der Waals surface area contributed by atoms with E-state index < -0.39 is 0 Å². The van der Waals surface area contributed by atoms with Crippen molar-refractivity contribution in [1.82, 2.24) is 25.1 Å². The third-order valence-electron chi connectivity index (χ3n) is 6.32. The van der Waals surface area contributed by atoms with Crippen molar-refractivity contribution < 1.29 is 13.9 Å². The van der Waals surface area contributed by atoms with Crippen LogP contribution in [-0.2, 0) is 6.54 Å². The summed E-state index contributed by atoms with van der Waals surface area (Å²) in [6.07, 6.45) is 0.973. The van der Waals surface area contributed by atoms with Crippen molar-refractivity contribution in [3.05, 3.63) is 59.7 Å². The molecule has 182 valence electrons. The third kappa shape index (κ3) is 4.99. The number of nitrogens with zero attached hydrogens (tertiary/aromatic N) is 6. The van der Waals surface area contributed by atoms with Gasteiger partial charge in [0.05, 0.1) is 19.9 Å². The van der Waals surface area contributed by atoms with E-state index in [0.717, 1.165) is 37.4 Å². The predicted octanol–water partition coefficient (Wildman–Crippen LogP) is 3.79. The van der Waals surface area contributed by atoms with E-state index in [2.05, 4.69) is 39.2 Å². The van der Waals surface area contributed by atoms with E-state index in [9.17, 15) is 4.39 Å². The standard InChI is InChI=1S/C25H33FN6O2/c1-18(2)12-13-32-25(27-28-29-32)23(19-8-7-11-22(33-3)24(19)34-4)31-16-14-30(15-17-31)21-10-6-5-9-20(21)26/h5-11,18,23H,12-17H2,1-4H3/t23-/m0/s1. The fourth-order valence-electron chi connectivity index (χ4n) is 4.50. The van der Waals surface area contributed by atoms with E-state index in [-0.39, 0.29) is 11.9 Å². The first-order valence-electron chi connectivity index (χ1n) is 11.7. The van der Waals surface area contributed by atoms with Gasteiger partial charge < -0.3 is 14.4 Å². The van der Waals surface area contributed by atoms with Crippen molar-refractivity contribution in [3.8, 4) is 11.5 Å². The average Bonchev–Trinajstić information content (AvgIpc) is 3.31. The number of ether oxygens (including phenoxy) is 2. The first-order valence-corrected chi connectivity index (χ1v) is 11.7. The maximum Gasteiger partial charge on any atom is 0.173 e. The summed E-state index contributed by atoms with van der Waals surface area (Å²) >= 11 is 0. The second kappa shape index (κ2) is 10.8. The molecule has 1 aliphatic rings. The van der Waals surface area contributed by atoms with E-state index in [1.165, 1.54) is 6.07 Å². The van der Waals surface area contributed by atoms with Crippen LogP contribution in [0.5, 0.6) is 11.5 Å². The van der Waals surface area contributed by atoms with Gasteiger partial charge in [-0.15, -0.1) is 5.10 Å². The second-order valence-corrected chi connectivity index (χ2v) is 8.90. The summed E-state index contributed by atoms with van der Waals surface area (Å²) in [5.41, 5.74) is 1.58. The third-order valence-corrected chi connectivity index (χ3v) is 6.32. The van der Waals surface area contributed by atoms with Crippen molar-refractivity contribution in [3.63, 3.8) is 0 Å². The van der Waals surface area contributed by atoms with Gasteiger partial charge in [0.1, 0.15) is 11.9 Å². The Hall–Kier alpha value is -3.20. The van der Waals surface area contributed by atoms with Gasteiger partial charge in [-0.25, -0.2) is 9.07 Å². The van der Waals surface area contributed by atoms with Crippen LogP contribution in [0.15, 0.2) is 42.5 Å². The van der Waals surface area contributed by atoms with Crippen LogP contribution in [0.25, 0.3) is 0 Å². The maximum atomic E-state index is 14.4. The summed E-state index contributed by atoms with van der Waals surface area (Å²) in [5.74, 6) is 2.44. The number of tetrazole rings is 1. The molecule has 2 aromatic carbocycles. The number of aryl methyl sites for hydroxylation is 1. The number of benzene rings is 2. The smallest absolute Gasteiger partial charge is 0.173 e. The molecular weight excluding hydrogens is 435 g/mol. The average molecular weight is 469 g/mol.